The lowest BCUT2D eigenvalue weighted by Crippen LogP contribution is -2.55. The first-order valence-corrected chi connectivity index (χ1v) is 12.6. The van der Waals surface area contributed by atoms with Crippen molar-refractivity contribution in [3.63, 3.8) is 0 Å². The smallest absolute Gasteiger partial charge is 0.412 e. The van der Waals surface area contributed by atoms with Gasteiger partial charge in [0.2, 0.25) is 0 Å². The SMILES string of the molecule is COc1ccc(C[C@H]2CS(=O)(=O)C[C@@H]3[C@@H]2OC(C)(C)N3C(=O)OC(C)(C)C)cc1Br. The Hall–Kier alpha value is -1.32. The highest BCUT2D eigenvalue weighted by molar-refractivity contribution is 9.10. The minimum absolute atomic E-state index is 0.0239. The van der Waals surface area contributed by atoms with Gasteiger partial charge in [-0.15, -0.1) is 0 Å². The fourth-order valence-corrected chi connectivity index (χ4v) is 6.87. The molecule has 2 saturated heterocycles. The summed E-state index contributed by atoms with van der Waals surface area (Å²) in [5.74, 6) is 0.335. The summed E-state index contributed by atoms with van der Waals surface area (Å²) >= 11 is 3.48. The highest BCUT2D eigenvalue weighted by atomic mass is 79.9. The normalized spacial score (nSPS) is 27.4. The third kappa shape index (κ3) is 4.94. The molecule has 7 nitrogen and oxygen atoms in total. The number of nitrogens with zero attached hydrogens (tertiary/aromatic N) is 1. The molecule has 2 aliphatic rings. The van der Waals surface area contributed by atoms with Gasteiger partial charge < -0.3 is 14.2 Å². The number of carbonyl (C=O) groups is 1. The largest absolute Gasteiger partial charge is 0.496 e. The number of hydrogen-bond acceptors (Lipinski definition) is 6. The Bertz CT molecular complexity index is 924. The van der Waals surface area contributed by atoms with Gasteiger partial charge in [0.1, 0.15) is 17.1 Å². The van der Waals surface area contributed by atoms with Gasteiger partial charge in [-0.05, 0) is 74.7 Å². The zero-order chi connectivity index (χ0) is 22.5. The van der Waals surface area contributed by atoms with Crippen molar-refractivity contribution in [2.75, 3.05) is 18.6 Å². The van der Waals surface area contributed by atoms with Crippen LogP contribution in [0.1, 0.15) is 40.2 Å². The summed E-state index contributed by atoms with van der Waals surface area (Å²) in [7, 11) is -1.76. The van der Waals surface area contributed by atoms with Crippen LogP contribution in [0.15, 0.2) is 22.7 Å². The maximum Gasteiger partial charge on any atom is 0.412 e. The molecule has 0 aromatic heterocycles. The fraction of sp³-hybridized carbons (Fsp3) is 0.667. The van der Waals surface area contributed by atoms with Crippen LogP contribution in [-0.4, -0.2) is 61.5 Å². The van der Waals surface area contributed by atoms with E-state index in [2.05, 4.69) is 15.9 Å². The van der Waals surface area contributed by atoms with Gasteiger partial charge in [-0.3, -0.25) is 4.90 Å². The number of amides is 1. The van der Waals surface area contributed by atoms with Crippen molar-refractivity contribution in [1.82, 2.24) is 4.90 Å². The number of hydrogen-bond donors (Lipinski definition) is 0. The third-order valence-corrected chi connectivity index (χ3v) is 7.78. The van der Waals surface area contributed by atoms with Crippen LogP contribution in [0.25, 0.3) is 0 Å². The molecule has 2 fully saturated rings. The molecule has 0 N–H and O–H groups in total. The summed E-state index contributed by atoms with van der Waals surface area (Å²) in [6.07, 6.45) is -0.429. The molecular formula is C21H30BrNO6S. The van der Waals surface area contributed by atoms with E-state index < -0.39 is 39.4 Å². The van der Waals surface area contributed by atoms with Gasteiger partial charge in [0.25, 0.3) is 0 Å². The van der Waals surface area contributed by atoms with Gasteiger partial charge in [-0.2, -0.15) is 0 Å². The quantitative estimate of drug-likeness (QED) is 0.623. The van der Waals surface area contributed by atoms with Crippen molar-refractivity contribution in [3.8, 4) is 5.75 Å². The molecule has 1 aromatic rings. The predicted octanol–water partition coefficient (Wildman–Crippen LogP) is 3.79. The number of sulfone groups is 1. The van der Waals surface area contributed by atoms with Crippen molar-refractivity contribution in [1.29, 1.82) is 0 Å². The molecule has 30 heavy (non-hydrogen) atoms. The summed E-state index contributed by atoms with van der Waals surface area (Å²) in [5.41, 5.74) is -0.676. The summed E-state index contributed by atoms with van der Waals surface area (Å²) in [6, 6.07) is 5.12. The maximum absolute atomic E-state index is 12.9. The first-order chi connectivity index (χ1) is 13.7. The Morgan fingerprint density at radius 2 is 1.97 bits per heavy atom. The van der Waals surface area contributed by atoms with Crippen LogP contribution in [0.3, 0.4) is 0 Å². The molecule has 2 heterocycles. The zero-order valence-electron chi connectivity index (χ0n) is 18.3. The lowest BCUT2D eigenvalue weighted by atomic mass is 9.91. The van der Waals surface area contributed by atoms with E-state index >= 15 is 0 Å². The lowest BCUT2D eigenvalue weighted by Gasteiger charge is -2.37. The molecule has 9 heteroatoms. The van der Waals surface area contributed by atoms with Crippen LogP contribution < -0.4 is 4.74 Å². The van der Waals surface area contributed by atoms with Gasteiger partial charge in [0, 0.05) is 5.92 Å². The molecule has 0 saturated carbocycles. The molecule has 1 aromatic carbocycles. The monoisotopic (exact) mass is 503 g/mol. The molecule has 0 spiro atoms. The van der Waals surface area contributed by atoms with Crippen LogP contribution in [-0.2, 0) is 25.7 Å². The van der Waals surface area contributed by atoms with Gasteiger partial charge in [0.15, 0.2) is 9.84 Å². The van der Waals surface area contributed by atoms with E-state index in [0.717, 1.165) is 10.0 Å². The van der Waals surface area contributed by atoms with E-state index in [1.165, 1.54) is 4.90 Å². The lowest BCUT2D eigenvalue weighted by molar-refractivity contribution is -0.0872. The van der Waals surface area contributed by atoms with E-state index in [4.69, 9.17) is 14.2 Å². The molecule has 0 bridgehead atoms. The Balaban J connectivity index is 1.91. The van der Waals surface area contributed by atoms with Gasteiger partial charge >= 0.3 is 6.09 Å². The van der Waals surface area contributed by atoms with Gasteiger partial charge in [0.05, 0.1) is 35.2 Å². The summed E-state index contributed by atoms with van der Waals surface area (Å²) in [6.45, 7) is 8.92. The Kier molecular flexibility index (Phi) is 6.21. The number of benzene rings is 1. The first-order valence-electron chi connectivity index (χ1n) is 9.95. The second-order valence-corrected chi connectivity index (χ2v) is 12.5. The topological polar surface area (TPSA) is 82.1 Å². The Morgan fingerprint density at radius 1 is 1.30 bits per heavy atom. The summed E-state index contributed by atoms with van der Waals surface area (Å²) in [4.78, 5) is 14.4. The summed E-state index contributed by atoms with van der Waals surface area (Å²) < 4.78 is 43.4. The van der Waals surface area contributed by atoms with Crippen LogP contribution in [0.2, 0.25) is 0 Å². The Labute approximate surface area is 187 Å². The van der Waals surface area contributed by atoms with Crippen molar-refractivity contribution >= 4 is 31.9 Å². The van der Waals surface area contributed by atoms with Crippen molar-refractivity contribution < 1.29 is 27.4 Å². The standard InChI is InChI=1S/C21H30BrNO6S/c1-20(2,3)29-19(24)23-16-12-30(25,26)11-14(18(16)28-21(23,4)5)9-13-7-8-17(27-6)15(22)10-13/h7-8,10,14,16,18H,9,11-12H2,1-6H3/t14-,16+,18+/m0/s1. The third-order valence-electron chi connectivity index (χ3n) is 5.38. The Morgan fingerprint density at radius 3 is 2.53 bits per heavy atom. The van der Waals surface area contributed by atoms with Crippen molar-refractivity contribution in [2.24, 2.45) is 5.92 Å². The average Bonchev–Trinajstić information content (AvgIpc) is 2.82. The van der Waals surface area contributed by atoms with Crippen LogP contribution in [0.5, 0.6) is 5.75 Å². The highest BCUT2D eigenvalue weighted by Gasteiger charge is 2.57. The van der Waals surface area contributed by atoms with Crippen LogP contribution in [0, 0.1) is 5.92 Å². The van der Waals surface area contributed by atoms with E-state index in [-0.39, 0.29) is 17.4 Å². The molecular weight excluding hydrogens is 474 g/mol. The minimum Gasteiger partial charge on any atom is -0.496 e. The fourth-order valence-electron chi connectivity index (χ4n) is 4.32. The van der Waals surface area contributed by atoms with Crippen molar-refractivity contribution in [2.45, 2.75) is 64.5 Å². The number of fused-ring (bicyclic) bond motifs is 1. The summed E-state index contributed by atoms with van der Waals surface area (Å²) in [5, 5.41) is 0. The molecule has 0 unspecified atom stereocenters. The molecule has 0 radical (unpaired) electrons. The maximum atomic E-state index is 12.9. The average molecular weight is 504 g/mol. The van der Waals surface area contributed by atoms with Crippen LogP contribution >= 0.6 is 15.9 Å². The van der Waals surface area contributed by atoms with E-state index in [9.17, 15) is 13.2 Å². The number of rotatable bonds is 3. The van der Waals surface area contributed by atoms with Crippen molar-refractivity contribution in [3.05, 3.63) is 28.2 Å². The van der Waals surface area contributed by atoms with E-state index in [1.807, 2.05) is 18.2 Å². The first kappa shape index (κ1) is 23.3. The molecule has 1 amide bonds. The van der Waals surface area contributed by atoms with Gasteiger partial charge in [-0.1, -0.05) is 6.07 Å². The van der Waals surface area contributed by atoms with Gasteiger partial charge in [-0.25, -0.2) is 13.2 Å². The molecule has 3 rings (SSSR count). The predicted molar refractivity (Wildman–Crippen MR) is 117 cm³/mol. The number of ether oxygens (including phenoxy) is 3. The molecule has 3 atom stereocenters. The van der Waals surface area contributed by atoms with E-state index in [1.54, 1.807) is 41.7 Å². The highest BCUT2D eigenvalue weighted by Crippen LogP contribution is 2.41. The van der Waals surface area contributed by atoms with Crippen LogP contribution in [0.4, 0.5) is 4.79 Å². The van der Waals surface area contributed by atoms with E-state index in [0.29, 0.717) is 12.2 Å². The number of methoxy groups -OCH3 is 1. The molecule has 2 aliphatic heterocycles. The second-order valence-electron chi connectivity index (χ2n) is 9.46. The number of carbonyl (C=O) groups excluding carboxylic acids is 1. The minimum atomic E-state index is -3.36. The zero-order valence-corrected chi connectivity index (χ0v) is 20.7. The number of halogens is 1. The molecule has 168 valence electrons. The molecule has 0 aliphatic carbocycles. The second kappa shape index (κ2) is 7.98.